The summed E-state index contributed by atoms with van der Waals surface area (Å²) in [6.45, 7) is 0.497. The highest BCUT2D eigenvalue weighted by atomic mass is 35.5. The smallest absolute Gasteiger partial charge is 0.407 e. The van der Waals surface area contributed by atoms with Gasteiger partial charge in [0.25, 0.3) is 0 Å². The Balaban J connectivity index is 1.72. The molecule has 1 aromatic heterocycles. The Bertz CT molecular complexity index is 662. The van der Waals surface area contributed by atoms with Crippen molar-refractivity contribution in [3.05, 3.63) is 70.8 Å². The molecular weight excluding hydrogens is 307 g/mol. The van der Waals surface area contributed by atoms with Crippen molar-refractivity contribution >= 4 is 23.8 Å². The van der Waals surface area contributed by atoms with Gasteiger partial charge in [-0.25, -0.2) is 9.78 Å². The topological polar surface area (TPSA) is 51.2 Å². The Morgan fingerprint density at radius 1 is 1.36 bits per heavy atom. The van der Waals surface area contributed by atoms with Gasteiger partial charge in [-0.1, -0.05) is 54.1 Å². The second kappa shape index (κ2) is 8.14. The van der Waals surface area contributed by atoms with E-state index in [0.29, 0.717) is 5.56 Å². The van der Waals surface area contributed by atoms with Gasteiger partial charge >= 0.3 is 6.09 Å². The summed E-state index contributed by atoms with van der Waals surface area (Å²) in [4.78, 5) is 15.0. The zero-order valence-corrected chi connectivity index (χ0v) is 12.4. The highest BCUT2D eigenvalue weighted by molar-refractivity contribution is 6.30. The van der Waals surface area contributed by atoms with Crippen molar-refractivity contribution in [2.45, 2.75) is 6.61 Å². The Labute approximate surface area is 132 Å². The molecule has 1 amide bonds. The largest absolute Gasteiger partial charge is 0.445 e. The number of carbonyl (C=O) groups excluding carboxylic acids is 1. The van der Waals surface area contributed by atoms with Gasteiger partial charge in [0.05, 0.1) is 5.02 Å². The van der Waals surface area contributed by atoms with Gasteiger partial charge in [-0.2, -0.15) is 4.39 Å². The van der Waals surface area contributed by atoms with Gasteiger partial charge in [0.2, 0.25) is 5.95 Å². The maximum atomic E-state index is 12.9. The van der Waals surface area contributed by atoms with E-state index >= 15 is 0 Å². The van der Waals surface area contributed by atoms with Gasteiger partial charge in [-0.3, -0.25) is 0 Å². The molecule has 0 aliphatic heterocycles. The number of amides is 1. The van der Waals surface area contributed by atoms with Crippen LogP contribution in [0.25, 0.3) is 6.08 Å². The lowest BCUT2D eigenvalue weighted by molar-refractivity contribution is 0.141. The van der Waals surface area contributed by atoms with Crippen LogP contribution in [0, 0.1) is 5.95 Å². The average Bonchev–Trinajstić information content (AvgIpc) is 2.54. The Morgan fingerprint density at radius 2 is 2.14 bits per heavy atom. The number of nitrogens with zero attached hydrogens (tertiary/aromatic N) is 1. The summed E-state index contributed by atoms with van der Waals surface area (Å²) in [7, 11) is 0. The molecule has 0 saturated heterocycles. The first-order valence-corrected chi connectivity index (χ1v) is 6.95. The summed E-state index contributed by atoms with van der Waals surface area (Å²) in [6.07, 6.45) is 4.21. The minimum Gasteiger partial charge on any atom is -0.445 e. The molecule has 2 rings (SSSR count). The average molecular weight is 321 g/mol. The maximum absolute atomic E-state index is 12.9. The van der Waals surface area contributed by atoms with Gasteiger partial charge in [-0.05, 0) is 17.2 Å². The molecule has 0 radical (unpaired) electrons. The first kappa shape index (κ1) is 16.0. The molecular formula is C16H14ClFN2O2. The van der Waals surface area contributed by atoms with E-state index in [1.54, 1.807) is 12.2 Å². The lowest BCUT2D eigenvalue weighted by Crippen LogP contribution is -2.24. The number of hydrogen-bond donors (Lipinski definition) is 1. The van der Waals surface area contributed by atoms with Crippen LogP contribution in [0.5, 0.6) is 0 Å². The van der Waals surface area contributed by atoms with Crippen molar-refractivity contribution < 1.29 is 13.9 Å². The van der Waals surface area contributed by atoms with E-state index in [1.807, 2.05) is 30.3 Å². The van der Waals surface area contributed by atoms with Gasteiger partial charge in [0, 0.05) is 12.7 Å². The molecule has 114 valence electrons. The molecule has 2 aromatic rings. The van der Waals surface area contributed by atoms with Crippen LogP contribution < -0.4 is 5.32 Å². The monoisotopic (exact) mass is 320 g/mol. The highest BCUT2D eigenvalue weighted by Gasteiger charge is 2.01. The number of carbonyl (C=O) groups is 1. The predicted molar refractivity (Wildman–Crippen MR) is 82.9 cm³/mol. The van der Waals surface area contributed by atoms with E-state index in [1.165, 1.54) is 12.3 Å². The van der Waals surface area contributed by atoms with Crippen molar-refractivity contribution in [3.8, 4) is 0 Å². The third-order valence-electron chi connectivity index (χ3n) is 2.70. The molecule has 1 aromatic carbocycles. The van der Waals surface area contributed by atoms with Crippen LogP contribution in [-0.4, -0.2) is 17.6 Å². The highest BCUT2D eigenvalue weighted by Crippen LogP contribution is 2.14. The van der Waals surface area contributed by atoms with Crippen LogP contribution in [0.3, 0.4) is 0 Å². The fourth-order valence-corrected chi connectivity index (χ4v) is 1.81. The van der Waals surface area contributed by atoms with E-state index in [9.17, 15) is 9.18 Å². The molecule has 0 atom stereocenters. The van der Waals surface area contributed by atoms with Crippen molar-refractivity contribution in [2.24, 2.45) is 0 Å². The molecule has 0 bridgehead atoms. The quantitative estimate of drug-likeness (QED) is 0.852. The molecule has 0 spiro atoms. The molecule has 0 saturated carbocycles. The standard InChI is InChI=1S/C16H14ClFN2O2/c17-14-9-13(10-20-15(14)18)7-4-8-19-16(21)22-11-12-5-2-1-3-6-12/h1-7,9-10H,8,11H2,(H,19,21). The first-order chi connectivity index (χ1) is 10.6. The molecule has 22 heavy (non-hydrogen) atoms. The molecule has 6 heteroatoms. The van der Waals surface area contributed by atoms with Crippen LogP contribution in [-0.2, 0) is 11.3 Å². The minimum atomic E-state index is -0.707. The SMILES string of the molecule is O=C(NCC=Cc1cnc(F)c(Cl)c1)OCc1ccccc1. The van der Waals surface area contributed by atoms with Gasteiger partial charge < -0.3 is 10.1 Å². The number of alkyl carbamates (subject to hydrolysis) is 1. The van der Waals surface area contributed by atoms with E-state index in [0.717, 1.165) is 5.56 Å². The summed E-state index contributed by atoms with van der Waals surface area (Å²) >= 11 is 5.62. The normalized spacial score (nSPS) is 10.6. The summed E-state index contributed by atoms with van der Waals surface area (Å²) in [6, 6.07) is 10.8. The van der Waals surface area contributed by atoms with Crippen LogP contribution in [0.2, 0.25) is 5.02 Å². The van der Waals surface area contributed by atoms with Crippen molar-refractivity contribution in [3.63, 3.8) is 0 Å². The van der Waals surface area contributed by atoms with E-state index in [2.05, 4.69) is 10.3 Å². The van der Waals surface area contributed by atoms with Gasteiger partial charge in [0.1, 0.15) is 6.61 Å². The lowest BCUT2D eigenvalue weighted by Gasteiger charge is -2.05. The number of benzene rings is 1. The van der Waals surface area contributed by atoms with E-state index in [-0.39, 0.29) is 18.2 Å². The number of rotatable bonds is 5. The fourth-order valence-electron chi connectivity index (χ4n) is 1.64. The number of hydrogen-bond acceptors (Lipinski definition) is 3. The summed E-state index contributed by atoms with van der Waals surface area (Å²) in [5, 5.41) is 2.53. The second-order valence-electron chi connectivity index (χ2n) is 4.39. The molecule has 1 heterocycles. The van der Waals surface area contributed by atoms with Crippen LogP contribution in [0.4, 0.5) is 9.18 Å². The van der Waals surface area contributed by atoms with E-state index in [4.69, 9.17) is 16.3 Å². The number of halogens is 2. The van der Waals surface area contributed by atoms with Crippen LogP contribution in [0.15, 0.2) is 48.7 Å². The van der Waals surface area contributed by atoms with Crippen molar-refractivity contribution in [1.82, 2.24) is 10.3 Å². The minimum absolute atomic E-state index is 0.0441. The number of ether oxygens (including phenoxy) is 1. The summed E-state index contributed by atoms with van der Waals surface area (Å²) in [5.41, 5.74) is 1.56. The summed E-state index contributed by atoms with van der Waals surface area (Å²) < 4.78 is 17.9. The second-order valence-corrected chi connectivity index (χ2v) is 4.79. The van der Waals surface area contributed by atoms with Gasteiger partial charge in [0.15, 0.2) is 0 Å². The number of nitrogens with one attached hydrogen (secondary N) is 1. The molecule has 0 unspecified atom stereocenters. The molecule has 0 fully saturated rings. The zero-order valence-electron chi connectivity index (χ0n) is 11.6. The molecule has 0 aliphatic rings. The van der Waals surface area contributed by atoms with E-state index < -0.39 is 12.0 Å². The Morgan fingerprint density at radius 3 is 2.86 bits per heavy atom. The fraction of sp³-hybridized carbons (Fsp3) is 0.125. The lowest BCUT2D eigenvalue weighted by atomic mass is 10.2. The predicted octanol–water partition coefficient (Wildman–Crippen LogP) is 3.81. The van der Waals surface area contributed by atoms with Crippen molar-refractivity contribution in [1.29, 1.82) is 0 Å². The van der Waals surface area contributed by atoms with Crippen molar-refractivity contribution in [2.75, 3.05) is 6.54 Å². The number of aromatic nitrogens is 1. The van der Waals surface area contributed by atoms with Gasteiger partial charge in [-0.15, -0.1) is 0 Å². The zero-order chi connectivity index (χ0) is 15.8. The van der Waals surface area contributed by atoms with Crippen LogP contribution >= 0.6 is 11.6 Å². The molecule has 4 nitrogen and oxygen atoms in total. The Hall–Kier alpha value is -2.40. The molecule has 1 N–H and O–H groups in total. The van der Waals surface area contributed by atoms with Crippen LogP contribution in [0.1, 0.15) is 11.1 Å². The number of pyridine rings is 1. The summed E-state index contributed by atoms with van der Waals surface area (Å²) in [5.74, 6) is -0.707. The Kier molecular flexibility index (Phi) is 5.91. The molecule has 0 aliphatic carbocycles. The third-order valence-corrected chi connectivity index (χ3v) is 2.97. The first-order valence-electron chi connectivity index (χ1n) is 6.57. The third kappa shape index (κ3) is 5.18. The maximum Gasteiger partial charge on any atom is 0.407 e.